The van der Waals surface area contributed by atoms with Crippen molar-refractivity contribution in [1.82, 2.24) is 0 Å². The Bertz CT molecular complexity index is 603. The maximum Gasteiger partial charge on any atom is 0.313 e. The molecule has 1 aromatic rings. The number of aryl methyl sites for hydroxylation is 3. The molecule has 2 amide bonds. The molecule has 1 fully saturated rings. The molecular formula is C15H17NO4S. The molecule has 1 aliphatic heterocycles. The zero-order chi connectivity index (χ0) is 15.7. The van der Waals surface area contributed by atoms with Crippen molar-refractivity contribution in [2.75, 3.05) is 10.7 Å². The van der Waals surface area contributed by atoms with E-state index in [0.29, 0.717) is 5.69 Å². The fourth-order valence-electron chi connectivity index (χ4n) is 2.67. The summed E-state index contributed by atoms with van der Waals surface area (Å²) in [5, 5.41) is 8.09. The lowest BCUT2D eigenvalue weighted by atomic mass is 10.0. The minimum absolute atomic E-state index is 0.0591. The van der Waals surface area contributed by atoms with Gasteiger partial charge in [0.25, 0.3) is 0 Å². The third kappa shape index (κ3) is 3.10. The van der Waals surface area contributed by atoms with Crippen LogP contribution in [0.4, 0.5) is 5.69 Å². The zero-order valence-corrected chi connectivity index (χ0v) is 13.0. The summed E-state index contributed by atoms with van der Waals surface area (Å²) in [6.45, 7) is 5.70. The quantitative estimate of drug-likeness (QED) is 0.862. The van der Waals surface area contributed by atoms with Gasteiger partial charge in [0.2, 0.25) is 11.8 Å². The molecule has 21 heavy (non-hydrogen) atoms. The fraction of sp³-hybridized carbons (Fsp3) is 0.400. The lowest BCUT2D eigenvalue weighted by Gasteiger charge is -2.20. The van der Waals surface area contributed by atoms with Crippen LogP contribution in [0, 0.1) is 20.8 Å². The minimum atomic E-state index is -0.985. The number of anilines is 1. The highest BCUT2D eigenvalue weighted by atomic mass is 32.2. The average Bonchev–Trinajstić information content (AvgIpc) is 2.63. The maximum atomic E-state index is 12.4. The normalized spacial score (nSPS) is 18.4. The summed E-state index contributed by atoms with van der Waals surface area (Å²) in [4.78, 5) is 36.4. The first-order valence-electron chi connectivity index (χ1n) is 6.59. The van der Waals surface area contributed by atoms with Crippen molar-refractivity contribution in [2.45, 2.75) is 32.4 Å². The Morgan fingerprint density at radius 2 is 1.86 bits per heavy atom. The minimum Gasteiger partial charge on any atom is -0.481 e. The summed E-state index contributed by atoms with van der Waals surface area (Å²) in [5.74, 6) is -1.75. The smallest absolute Gasteiger partial charge is 0.313 e. The monoisotopic (exact) mass is 307 g/mol. The van der Waals surface area contributed by atoms with E-state index in [-0.39, 0.29) is 24.0 Å². The molecule has 1 saturated heterocycles. The second-order valence-corrected chi connectivity index (χ2v) is 6.40. The van der Waals surface area contributed by atoms with Crippen LogP contribution in [0.2, 0.25) is 0 Å². The average molecular weight is 307 g/mol. The summed E-state index contributed by atoms with van der Waals surface area (Å²) in [5.41, 5.74) is 3.45. The number of imide groups is 1. The SMILES string of the molecule is Cc1cc(C)c(N2C(=O)C[C@H](SCC(=O)O)C2=O)c(C)c1. The molecule has 0 unspecified atom stereocenters. The highest BCUT2D eigenvalue weighted by Gasteiger charge is 2.41. The van der Waals surface area contributed by atoms with Crippen LogP contribution in [0.3, 0.4) is 0 Å². The molecular weight excluding hydrogens is 290 g/mol. The second kappa shape index (κ2) is 5.89. The highest BCUT2D eigenvalue weighted by Crippen LogP contribution is 2.34. The number of rotatable bonds is 4. The molecule has 0 aliphatic carbocycles. The van der Waals surface area contributed by atoms with Crippen LogP contribution in [0.25, 0.3) is 0 Å². The molecule has 112 valence electrons. The van der Waals surface area contributed by atoms with Crippen LogP contribution in [0.15, 0.2) is 12.1 Å². The van der Waals surface area contributed by atoms with Crippen LogP contribution in [-0.4, -0.2) is 33.9 Å². The first-order chi connectivity index (χ1) is 9.81. The number of carbonyl (C=O) groups is 3. The van der Waals surface area contributed by atoms with E-state index >= 15 is 0 Å². The number of thioether (sulfide) groups is 1. The second-order valence-electron chi connectivity index (χ2n) is 5.21. The molecule has 0 spiro atoms. The molecule has 6 heteroatoms. The molecule has 1 aromatic carbocycles. The molecule has 5 nitrogen and oxygen atoms in total. The first-order valence-corrected chi connectivity index (χ1v) is 7.64. The zero-order valence-electron chi connectivity index (χ0n) is 12.2. The van der Waals surface area contributed by atoms with Gasteiger partial charge < -0.3 is 5.11 Å². The van der Waals surface area contributed by atoms with Gasteiger partial charge in [-0.3, -0.25) is 14.4 Å². The van der Waals surface area contributed by atoms with Crippen molar-refractivity contribution < 1.29 is 19.5 Å². The van der Waals surface area contributed by atoms with Gasteiger partial charge in [-0.05, 0) is 31.9 Å². The summed E-state index contributed by atoms with van der Waals surface area (Å²) in [6, 6.07) is 3.86. The van der Waals surface area contributed by atoms with E-state index in [9.17, 15) is 14.4 Å². The summed E-state index contributed by atoms with van der Waals surface area (Å²) >= 11 is 1.01. The van der Waals surface area contributed by atoms with Gasteiger partial charge in [0.05, 0.1) is 16.7 Å². The molecule has 0 radical (unpaired) electrons. The summed E-state index contributed by atoms with van der Waals surface area (Å²) in [7, 11) is 0. The molecule has 0 aromatic heterocycles. The number of carbonyl (C=O) groups excluding carboxylic acids is 2. The van der Waals surface area contributed by atoms with Crippen molar-refractivity contribution >= 4 is 35.2 Å². The van der Waals surface area contributed by atoms with E-state index in [1.807, 2.05) is 32.9 Å². The number of nitrogens with zero attached hydrogens (tertiary/aromatic N) is 1. The van der Waals surface area contributed by atoms with Gasteiger partial charge >= 0.3 is 5.97 Å². The van der Waals surface area contributed by atoms with E-state index in [1.54, 1.807) is 0 Å². The Hall–Kier alpha value is -1.82. The van der Waals surface area contributed by atoms with Gasteiger partial charge in [0, 0.05) is 6.42 Å². The van der Waals surface area contributed by atoms with E-state index in [0.717, 1.165) is 28.5 Å². The number of benzene rings is 1. The van der Waals surface area contributed by atoms with Gasteiger partial charge in [0.1, 0.15) is 0 Å². The number of amides is 2. The fourth-order valence-corrected chi connectivity index (χ4v) is 3.52. The van der Waals surface area contributed by atoms with Crippen molar-refractivity contribution in [3.05, 3.63) is 28.8 Å². The third-order valence-corrected chi connectivity index (χ3v) is 4.56. The molecule has 0 saturated carbocycles. The van der Waals surface area contributed by atoms with Crippen molar-refractivity contribution in [3.8, 4) is 0 Å². The van der Waals surface area contributed by atoms with Crippen LogP contribution in [-0.2, 0) is 14.4 Å². The van der Waals surface area contributed by atoms with Crippen molar-refractivity contribution in [3.63, 3.8) is 0 Å². The van der Waals surface area contributed by atoms with Crippen molar-refractivity contribution in [2.24, 2.45) is 0 Å². The van der Waals surface area contributed by atoms with Crippen LogP contribution < -0.4 is 4.90 Å². The lowest BCUT2D eigenvalue weighted by Crippen LogP contribution is -2.32. The number of carboxylic acids is 1. The van der Waals surface area contributed by atoms with E-state index in [2.05, 4.69) is 0 Å². The Balaban J connectivity index is 2.31. The number of carboxylic acid groups (broad SMARTS) is 1. The molecule has 1 aliphatic rings. The largest absolute Gasteiger partial charge is 0.481 e. The Morgan fingerprint density at radius 1 is 1.29 bits per heavy atom. The van der Waals surface area contributed by atoms with E-state index in [4.69, 9.17) is 5.11 Å². The first kappa shape index (κ1) is 15.6. The van der Waals surface area contributed by atoms with Crippen LogP contribution in [0.5, 0.6) is 0 Å². The Kier molecular flexibility index (Phi) is 4.37. The predicted octanol–water partition coefficient (Wildman–Crippen LogP) is 2.06. The van der Waals surface area contributed by atoms with Gasteiger partial charge in [-0.25, -0.2) is 4.90 Å². The Labute approximate surface area is 127 Å². The molecule has 1 heterocycles. The lowest BCUT2D eigenvalue weighted by molar-refractivity contribution is -0.134. The molecule has 0 bridgehead atoms. The van der Waals surface area contributed by atoms with Crippen LogP contribution in [0.1, 0.15) is 23.1 Å². The third-order valence-electron chi connectivity index (χ3n) is 3.37. The molecule has 1 atom stereocenters. The standard InChI is InChI=1S/C15H17NO4S/c1-8-4-9(2)14(10(3)5-8)16-12(17)6-11(15(16)20)21-7-13(18)19/h4-5,11H,6-7H2,1-3H3,(H,18,19)/t11-/m0/s1. The number of hydrogen-bond donors (Lipinski definition) is 1. The van der Waals surface area contributed by atoms with Crippen molar-refractivity contribution in [1.29, 1.82) is 0 Å². The maximum absolute atomic E-state index is 12.4. The molecule has 2 rings (SSSR count). The topological polar surface area (TPSA) is 74.7 Å². The summed E-state index contributed by atoms with van der Waals surface area (Å²) < 4.78 is 0. The number of hydrogen-bond acceptors (Lipinski definition) is 4. The number of aliphatic carboxylic acids is 1. The van der Waals surface area contributed by atoms with E-state index in [1.165, 1.54) is 4.90 Å². The predicted molar refractivity (Wildman–Crippen MR) is 81.6 cm³/mol. The van der Waals surface area contributed by atoms with Gasteiger partial charge in [-0.15, -0.1) is 11.8 Å². The Morgan fingerprint density at radius 3 is 2.38 bits per heavy atom. The van der Waals surface area contributed by atoms with E-state index < -0.39 is 11.2 Å². The van der Waals surface area contributed by atoms with Gasteiger partial charge in [-0.2, -0.15) is 0 Å². The molecule has 1 N–H and O–H groups in total. The van der Waals surface area contributed by atoms with Crippen LogP contribution >= 0.6 is 11.8 Å². The highest BCUT2D eigenvalue weighted by molar-refractivity contribution is 8.01. The van der Waals surface area contributed by atoms with Gasteiger partial charge in [0.15, 0.2) is 0 Å². The summed E-state index contributed by atoms with van der Waals surface area (Å²) in [6.07, 6.45) is 0.0591. The van der Waals surface area contributed by atoms with Gasteiger partial charge in [-0.1, -0.05) is 17.7 Å².